The number of likely N-dealkylation sites (tertiary alicyclic amines) is 1. The van der Waals surface area contributed by atoms with Crippen molar-refractivity contribution in [3.63, 3.8) is 0 Å². The van der Waals surface area contributed by atoms with Gasteiger partial charge in [-0.1, -0.05) is 60.5 Å². The lowest BCUT2D eigenvalue weighted by Gasteiger charge is -2.49. The lowest BCUT2D eigenvalue weighted by Crippen LogP contribution is -2.54. The maximum Gasteiger partial charge on any atom is 0.226 e. The van der Waals surface area contributed by atoms with Crippen molar-refractivity contribution in [1.29, 1.82) is 0 Å². The van der Waals surface area contributed by atoms with E-state index in [9.17, 15) is 13.2 Å². The van der Waals surface area contributed by atoms with Crippen LogP contribution in [-0.2, 0) is 14.8 Å². The van der Waals surface area contributed by atoms with Crippen molar-refractivity contribution in [1.82, 2.24) is 9.21 Å². The Hall–Kier alpha value is -1.86. The van der Waals surface area contributed by atoms with Crippen molar-refractivity contribution in [2.45, 2.75) is 62.3 Å². The molecule has 0 N–H and O–H groups in total. The van der Waals surface area contributed by atoms with Crippen molar-refractivity contribution in [2.75, 3.05) is 13.6 Å². The number of likely N-dealkylation sites (N-methyl/N-ethyl adjacent to an activating group) is 1. The third-order valence-corrected chi connectivity index (χ3v) is 10.3. The molecule has 36 heavy (non-hydrogen) atoms. The second-order valence-electron chi connectivity index (χ2n) is 9.95. The normalized spacial score (nSPS) is 23.6. The van der Waals surface area contributed by atoms with Gasteiger partial charge in [-0.25, -0.2) is 12.7 Å². The van der Waals surface area contributed by atoms with E-state index in [1.54, 1.807) is 13.1 Å². The molecule has 2 fully saturated rings. The van der Waals surface area contributed by atoms with Crippen LogP contribution in [0.2, 0.25) is 10.0 Å². The topological polar surface area (TPSA) is 57.7 Å². The molecule has 0 bridgehead atoms. The second-order valence-corrected chi connectivity index (χ2v) is 13.1. The number of hydrogen-bond acceptors (Lipinski definition) is 3. The molecule has 5 nitrogen and oxygen atoms in total. The fourth-order valence-electron chi connectivity index (χ4n) is 5.43. The number of halogens is 2. The highest BCUT2D eigenvalue weighted by Crippen LogP contribution is 2.48. The minimum absolute atomic E-state index is 0.0214. The predicted octanol–water partition coefficient (Wildman–Crippen LogP) is 6.45. The number of hydrogen-bond donors (Lipinski definition) is 0. The zero-order chi connectivity index (χ0) is 26.0. The highest BCUT2D eigenvalue weighted by molar-refractivity contribution is 7.90. The van der Waals surface area contributed by atoms with Crippen LogP contribution in [0, 0.1) is 5.92 Å². The van der Waals surface area contributed by atoms with Crippen LogP contribution in [0.25, 0.3) is 0 Å². The summed E-state index contributed by atoms with van der Waals surface area (Å²) in [6.07, 6.45) is 5.05. The predicted molar refractivity (Wildman–Crippen MR) is 147 cm³/mol. The molecule has 4 atom stereocenters. The molecule has 1 aliphatic heterocycles. The van der Waals surface area contributed by atoms with E-state index in [-0.39, 0.29) is 41.6 Å². The molecule has 0 spiro atoms. The van der Waals surface area contributed by atoms with Gasteiger partial charge >= 0.3 is 0 Å². The number of rotatable bonds is 10. The summed E-state index contributed by atoms with van der Waals surface area (Å²) in [6.45, 7) is 6.16. The standard InChI is InChI=1S/C28H34Cl2N2O3S/c1-4-7-21-17-26(20-8-6-9-23(30)16-20)27(19-10-12-22(29)13-11-19)32(28(21)33)24(5-2)18-31(3)36(34,35)25-14-15-25/h4,6,8-13,16,21,24-27H,1,5,7,14-15,17-18H2,2-3H3/t21-,24-,26+,27+/m0/s1. The summed E-state index contributed by atoms with van der Waals surface area (Å²) in [7, 11) is -1.73. The Morgan fingerprint density at radius 3 is 2.39 bits per heavy atom. The first-order valence-electron chi connectivity index (χ1n) is 12.6. The summed E-state index contributed by atoms with van der Waals surface area (Å²) < 4.78 is 27.4. The lowest BCUT2D eigenvalue weighted by atomic mass is 9.74. The fourth-order valence-corrected chi connectivity index (χ4v) is 7.37. The molecule has 1 saturated carbocycles. The number of amides is 1. The van der Waals surface area contributed by atoms with Gasteiger partial charge in [0.15, 0.2) is 0 Å². The van der Waals surface area contributed by atoms with E-state index < -0.39 is 10.0 Å². The molecule has 1 amide bonds. The lowest BCUT2D eigenvalue weighted by molar-refractivity contribution is -0.147. The number of nitrogens with zero attached hydrogens (tertiary/aromatic N) is 2. The Labute approximate surface area is 225 Å². The molecule has 1 saturated heterocycles. The van der Waals surface area contributed by atoms with Crippen LogP contribution in [0.5, 0.6) is 0 Å². The smallest absolute Gasteiger partial charge is 0.226 e. The molecule has 0 aromatic heterocycles. The van der Waals surface area contributed by atoms with Crippen LogP contribution >= 0.6 is 23.2 Å². The number of carbonyl (C=O) groups excluding carboxylic acids is 1. The molecule has 2 aliphatic rings. The van der Waals surface area contributed by atoms with Gasteiger partial charge in [-0.15, -0.1) is 6.58 Å². The first kappa shape index (κ1) is 27.2. The van der Waals surface area contributed by atoms with Gasteiger partial charge < -0.3 is 4.90 Å². The van der Waals surface area contributed by atoms with Gasteiger partial charge in [0, 0.05) is 41.5 Å². The quantitative estimate of drug-likeness (QED) is 0.320. The highest BCUT2D eigenvalue weighted by Gasteiger charge is 2.46. The molecule has 2 aromatic carbocycles. The average Bonchev–Trinajstić information content (AvgIpc) is 3.70. The van der Waals surface area contributed by atoms with Crippen LogP contribution < -0.4 is 0 Å². The summed E-state index contributed by atoms with van der Waals surface area (Å²) in [6, 6.07) is 14.9. The van der Waals surface area contributed by atoms with E-state index >= 15 is 0 Å². The van der Waals surface area contributed by atoms with E-state index in [0.29, 0.717) is 42.1 Å². The zero-order valence-electron chi connectivity index (χ0n) is 20.8. The summed E-state index contributed by atoms with van der Waals surface area (Å²) in [5, 5.41) is 0.976. The molecular formula is C28H34Cl2N2O3S. The summed E-state index contributed by atoms with van der Waals surface area (Å²) in [4.78, 5) is 16.0. The van der Waals surface area contributed by atoms with Crippen LogP contribution in [0.1, 0.15) is 62.1 Å². The van der Waals surface area contributed by atoms with Gasteiger partial charge in [-0.05, 0) is 67.5 Å². The van der Waals surface area contributed by atoms with E-state index in [0.717, 1.165) is 11.1 Å². The van der Waals surface area contributed by atoms with Crippen molar-refractivity contribution < 1.29 is 13.2 Å². The van der Waals surface area contributed by atoms with Gasteiger partial charge in [0.2, 0.25) is 15.9 Å². The van der Waals surface area contributed by atoms with E-state index in [4.69, 9.17) is 23.2 Å². The first-order chi connectivity index (χ1) is 17.2. The monoisotopic (exact) mass is 548 g/mol. The SMILES string of the molecule is C=CC[C@H]1C[C@H](c2cccc(Cl)c2)[C@@H](c2ccc(Cl)cc2)N([C@@H](CC)CN(C)S(=O)(=O)C2CC2)C1=O. The average molecular weight is 550 g/mol. The number of sulfonamides is 1. The molecule has 0 radical (unpaired) electrons. The third kappa shape index (κ3) is 5.67. The Kier molecular flexibility index (Phi) is 8.50. The van der Waals surface area contributed by atoms with Crippen LogP contribution in [0.3, 0.4) is 0 Å². The second kappa shape index (κ2) is 11.3. The number of allylic oxidation sites excluding steroid dienone is 1. The number of piperidine rings is 1. The summed E-state index contributed by atoms with van der Waals surface area (Å²) in [5.41, 5.74) is 2.03. The van der Waals surface area contributed by atoms with Gasteiger partial charge in [0.1, 0.15) is 0 Å². The molecule has 194 valence electrons. The van der Waals surface area contributed by atoms with Crippen LogP contribution in [-0.4, -0.2) is 48.4 Å². The summed E-state index contributed by atoms with van der Waals surface area (Å²) >= 11 is 12.6. The van der Waals surface area contributed by atoms with Gasteiger partial charge in [-0.2, -0.15) is 0 Å². The summed E-state index contributed by atoms with van der Waals surface area (Å²) in [5.74, 6) is -0.224. The van der Waals surface area contributed by atoms with Crippen molar-refractivity contribution in [3.8, 4) is 0 Å². The zero-order valence-corrected chi connectivity index (χ0v) is 23.1. The number of benzene rings is 2. The van der Waals surface area contributed by atoms with Gasteiger partial charge in [0.05, 0.1) is 11.3 Å². The molecule has 8 heteroatoms. The minimum atomic E-state index is -3.37. The molecule has 0 unspecified atom stereocenters. The largest absolute Gasteiger partial charge is 0.330 e. The van der Waals surface area contributed by atoms with E-state index in [1.165, 1.54) is 4.31 Å². The van der Waals surface area contributed by atoms with Crippen LogP contribution in [0.4, 0.5) is 0 Å². The maximum absolute atomic E-state index is 14.0. The van der Waals surface area contributed by atoms with Crippen molar-refractivity contribution >= 4 is 39.1 Å². The Morgan fingerprint density at radius 1 is 1.11 bits per heavy atom. The van der Waals surface area contributed by atoms with Gasteiger partial charge in [0.25, 0.3) is 0 Å². The van der Waals surface area contributed by atoms with Gasteiger partial charge in [-0.3, -0.25) is 4.79 Å². The molecule has 1 heterocycles. The first-order valence-corrected chi connectivity index (χ1v) is 14.8. The molecule has 4 rings (SSSR count). The highest BCUT2D eigenvalue weighted by atomic mass is 35.5. The molecular weight excluding hydrogens is 515 g/mol. The van der Waals surface area contributed by atoms with Crippen LogP contribution in [0.15, 0.2) is 61.2 Å². The fraction of sp³-hybridized carbons (Fsp3) is 0.464. The van der Waals surface area contributed by atoms with Crippen molar-refractivity contribution in [2.24, 2.45) is 5.92 Å². The molecule has 2 aromatic rings. The Morgan fingerprint density at radius 2 is 1.81 bits per heavy atom. The maximum atomic E-state index is 14.0. The minimum Gasteiger partial charge on any atom is -0.330 e. The van der Waals surface area contributed by atoms with E-state index in [1.807, 2.05) is 54.3 Å². The van der Waals surface area contributed by atoms with E-state index in [2.05, 4.69) is 12.6 Å². The Balaban J connectivity index is 1.80. The number of carbonyl (C=O) groups is 1. The molecule has 1 aliphatic carbocycles. The van der Waals surface area contributed by atoms with Crippen molar-refractivity contribution in [3.05, 3.63) is 82.4 Å². The Bertz CT molecular complexity index is 1200. The third-order valence-electron chi connectivity index (χ3n) is 7.48.